The van der Waals surface area contributed by atoms with Crippen LogP contribution in [-0.4, -0.2) is 40.5 Å². The third-order valence-electron chi connectivity index (χ3n) is 3.24. The molecule has 17 heavy (non-hydrogen) atoms. The van der Waals surface area contributed by atoms with E-state index in [4.69, 9.17) is 0 Å². The molecule has 1 fully saturated rings. The first kappa shape index (κ1) is 12.0. The highest BCUT2D eigenvalue weighted by Crippen LogP contribution is 2.21. The van der Waals surface area contributed by atoms with Crippen LogP contribution in [0.4, 0.5) is 0 Å². The highest BCUT2D eigenvalue weighted by atomic mass is 16.2. The smallest absolute Gasteiger partial charge is 0.254 e. The summed E-state index contributed by atoms with van der Waals surface area (Å²) < 4.78 is 0. The second-order valence-electron chi connectivity index (χ2n) is 5.25. The van der Waals surface area contributed by atoms with E-state index in [-0.39, 0.29) is 11.4 Å². The van der Waals surface area contributed by atoms with Gasteiger partial charge in [-0.2, -0.15) is 0 Å². The average molecular weight is 233 g/mol. The Labute approximate surface area is 102 Å². The molecule has 1 saturated heterocycles. The fourth-order valence-corrected chi connectivity index (χ4v) is 2.11. The fraction of sp³-hybridized carbons (Fsp3) is 0.538. The van der Waals surface area contributed by atoms with Gasteiger partial charge in [-0.05, 0) is 32.9 Å². The van der Waals surface area contributed by atoms with Gasteiger partial charge in [-0.1, -0.05) is 0 Å². The fourth-order valence-electron chi connectivity index (χ4n) is 2.11. The molecular weight excluding hydrogens is 214 g/mol. The number of nitrogens with zero attached hydrogens (tertiary/aromatic N) is 2. The zero-order valence-corrected chi connectivity index (χ0v) is 10.6. The van der Waals surface area contributed by atoms with Gasteiger partial charge in [0.25, 0.3) is 5.91 Å². The van der Waals surface area contributed by atoms with Gasteiger partial charge in [0.2, 0.25) is 0 Å². The number of nitrogens with one attached hydrogen (secondary N) is 1. The van der Waals surface area contributed by atoms with Crippen LogP contribution < -0.4 is 5.32 Å². The first-order valence-electron chi connectivity index (χ1n) is 5.96. The monoisotopic (exact) mass is 233 g/mol. The number of carbonyl (C=O) groups is 1. The van der Waals surface area contributed by atoms with E-state index in [9.17, 15) is 4.79 Å². The molecule has 1 amide bonds. The van der Waals surface area contributed by atoms with E-state index in [1.54, 1.807) is 24.5 Å². The van der Waals surface area contributed by atoms with Crippen LogP contribution >= 0.6 is 0 Å². The second kappa shape index (κ2) is 4.45. The summed E-state index contributed by atoms with van der Waals surface area (Å²) in [5.41, 5.74) is 0.564. The molecule has 1 unspecified atom stereocenters. The van der Waals surface area contributed by atoms with Crippen molar-refractivity contribution in [1.29, 1.82) is 0 Å². The summed E-state index contributed by atoms with van der Waals surface area (Å²) in [5.74, 6) is 0.0887. The van der Waals surface area contributed by atoms with Crippen molar-refractivity contribution in [3.8, 4) is 0 Å². The van der Waals surface area contributed by atoms with E-state index in [0.717, 1.165) is 13.1 Å². The Balaban J connectivity index is 2.23. The predicted octanol–water partition coefficient (Wildman–Crippen LogP) is 1.29. The second-order valence-corrected chi connectivity index (χ2v) is 5.25. The first-order chi connectivity index (χ1) is 8.00. The Morgan fingerprint density at radius 1 is 1.47 bits per heavy atom. The summed E-state index contributed by atoms with van der Waals surface area (Å²) >= 11 is 0. The summed E-state index contributed by atoms with van der Waals surface area (Å²) in [6.45, 7) is 7.84. The van der Waals surface area contributed by atoms with Crippen LogP contribution in [0.3, 0.4) is 0 Å². The van der Waals surface area contributed by atoms with Crippen molar-refractivity contribution in [1.82, 2.24) is 15.2 Å². The van der Waals surface area contributed by atoms with Gasteiger partial charge in [0, 0.05) is 37.1 Å². The summed E-state index contributed by atoms with van der Waals surface area (Å²) in [5, 5.41) is 3.40. The van der Waals surface area contributed by atoms with Gasteiger partial charge >= 0.3 is 0 Å². The van der Waals surface area contributed by atoms with Gasteiger partial charge in [0.05, 0.1) is 5.54 Å². The Morgan fingerprint density at radius 2 is 2.12 bits per heavy atom. The lowest BCUT2D eigenvalue weighted by atomic mass is 9.96. The minimum atomic E-state index is -0.146. The molecule has 1 aliphatic heterocycles. The molecule has 0 saturated carbocycles. The van der Waals surface area contributed by atoms with Gasteiger partial charge < -0.3 is 10.2 Å². The molecule has 1 atom stereocenters. The van der Waals surface area contributed by atoms with Crippen LogP contribution in [0.2, 0.25) is 0 Å². The van der Waals surface area contributed by atoms with Crippen molar-refractivity contribution in [3.05, 3.63) is 30.1 Å². The molecular formula is C13H19N3O. The topological polar surface area (TPSA) is 45.2 Å². The predicted molar refractivity (Wildman–Crippen MR) is 66.8 cm³/mol. The van der Waals surface area contributed by atoms with Gasteiger partial charge in [0.15, 0.2) is 0 Å². The quantitative estimate of drug-likeness (QED) is 0.795. The van der Waals surface area contributed by atoms with E-state index in [1.807, 2.05) is 4.90 Å². The van der Waals surface area contributed by atoms with Crippen LogP contribution in [0.15, 0.2) is 24.5 Å². The molecule has 1 aliphatic rings. The Morgan fingerprint density at radius 3 is 2.76 bits per heavy atom. The van der Waals surface area contributed by atoms with Crippen molar-refractivity contribution in [2.24, 2.45) is 0 Å². The molecule has 2 heterocycles. The normalized spacial score (nSPS) is 23.5. The van der Waals surface area contributed by atoms with Gasteiger partial charge in [0.1, 0.15) is 0 Å². The van der Waals surface area contributed by atoms with Crippen molar-refractivity contribution in [2.75, 3.05) is 13.1 Å². The SMILES string of the molecule is CC1CN(C(=O)c2ccncc2)C(C)(C)CN1. The highest BCUT2D eigenvalue weighted by Gasteiger charge is 2.35. The zero-order chi connectivity index (χ0) is 12.5. The molecule has 0 aromatic carbocycles. The Kier molecular flexibility index (Phi) is 3.15. The number of amides is 1. The zero-order valence-electron chi connectivity index (χ0n) is 10.6. The van der Waals surface area contributed by atoms with Crippen molar-refractivity contribution in [3.63, 3.8) is 0 Å². The molecule has 0 radical (unpaired) electrons. The molecule has 0 spiro atoms. The lowest BCUT2D eigenvalue weighted by molar-refractivity contribution is 0.0411. The third kappa shape index (κ3) is 2.47. The first-order valence-corrected chi connectivity index (χ1v) is 5.96. The van der Waals surface area contributed by atoms with E-state index in [1.165, 1.54) is 0 Å². The van der Waals surface area contributed by atoms with E-state index in [2.05, 4.69) is 31.1 Å². The molecule has 2 rings (SSSR count). The number of hydrogen-bond acceptors (Lipinski definition) is 3. The van der Waals surface area contributed by atoms with Gasteiger partial charge in [-0.3, -0.25) is 9.78 Å². The lowest BCUT2D eigenvalue weighted by Gasteiger charge is -2.45. The van der Waals surface area contributed by atoms with E-state index >= 15 is 0 Å². The van der Waals surface area contributed by atoms with E-state index in [0.29, 0.717) is 11.6 Å². The summed E-state index contributed by atoms with van der Waals surface area (Å²) in [4.78, 5) is 18.3. The molecule has 92 valence electrons. The number of piperazine rings is 1. The molecule has 1 N–H and O–H groups in total. The standard InChI is InChI=1S/C13H19N3O/c1-10-8-16(13(2,3)9-15-10)12(17)11-4-6-14-7-5-11/h4-7,10,15H,8-9H2,1-3H3. The minimum absolute atomic E-state index is 0.0887. The summed E-state index contributed by atoms with van der Waals surface area (Å²) in [6.07, 6.45) is 3.32. The molecule has 0 bridgehead atoms. The number of carbonyl (C=O) groups excluding carboxylic acids is 1. The Hall–Kier alpha value is -1.42. The van der Waals surface area contributed by atoms with Crippen LogP contribution in [0.1, 0.15) is 31.1 Å². The van der Waals surface area contributed by atoms with Crippen molar-refractivity contribution in [2.45, 2.75) is 32.4 Å². The van der Waals surface area contributed by atoms with Crippen LogP contribution in [0, 0.1) is 0 Å². The third-order valence-corrected chi connectivity index (χ3v) is 3.24. The van der Waals surface area contributed by atoms with Gasteiger partial charge in [-0.15, -0.1) is 0 Å². The highest BCUT2D eigenvalue weighted by molar-refractivity contribution is 5.94. The Bertz CT molecular complexity index is 402. The molecule has 1 aromatic heterocycles. The number of aromatic nitrogens is 1. The van der Waals surface area contributed by atoms with Crippen molar-refractivity contribution < 1.29 is 4.79 Å². The number of hydrogen-bond donors (Lipinski definition) is 1. The molecule has 1 aromatic rings. The summed E-state index contributed by atoms with van der Waals surface area (Å²) in [6, 6.07) is 3.88. The van der Waals surface area contributed by atoms with Crippen molar-refractivity contribution >= 4 is 5.91 Å². The number of rotatable bonds is 1. The largest absolute Gasteiger partial charge is 0.331 e. The lowest BCUT2D eigenvalue weighted by Crippen LogP contribution is -2.62. The number of pyridine rings is 1. The van der Waals surface area contributed by atoms with Crippen LogP contribution in [0.5, 0.6) is 0 Å². The molecule has 4 nitrogen and oxygen atoms in total. The molecule has 4 heteroatoms. The average Bonchev–Trinajstić information content (AvgIpc) is 2.33. The van der Waals surface area contributed by atoms with Crippen LogP contribution in [0.25, 0.3) is 0 Å². The minimum Gasteiger partial charge on any atom is -0.331 e. The maximum Gasteiger partial charge on any atom is 0.254 e. The van der Waals surface area contributed by atoms with E-state index < -0.39 is 0 Å². The van der Waals surface area contributed by atoms with Crippen LogP contribution in [-0.2, 0) is 0 Å². The maximum atomic E-state index is 12.4. The maximum absolute atomic E-state index is 12.4. The van der Waals surface area contributed by atoms with Gasteiger partial charge in [-0.25, -0.2) is 0 Å². The summed E-state index contributed by atoms with van der Waals surface area (Å²) in [7, 11) is 0. The molecule has 0 aliphatic carbocycles.